The maximum absolute atomic E-state index is 6.04. The van der Waals surface area contributed by atoms with Crippen molar-refractivity contribution < 1.29 is 0 Å². The molecule has 28 heavy (non-hydrogen) atoms. The fraction of sp³-hybridized carbons (Fsp3) is 0.0952. The first-order valence-electron chi connectivity index (χ1n) is 8.95. The van der Waals surface area contributed by atoms with Crippen molar-refractivity contribution in [3.8, 4) is 5.69 Å². The van der Waals surface area contributed by atoms with E-state index in [4.69, 9.17) is 16.7 Å². The number of aryl methyl sites for hydroxylation is 1. The Labute approximate surface area is 167 Å². The van der Waals surface area contributed by atoms with Crippen LogP contribution in [0, 0.1) is 6.92 Å². The first-order chi connectivity index (χ1) is 13.7. The van der Waals surface area contributed by atoms with Gasteiger partial charge in [-0.1, -0.05) is 41.9 Å². The number of aromatic nitrogens is 5. The third-order valence-electron chi connectivity index (χ3n) is 4.84. The molecule has 5 rings (SSSR count). The number of allylic oxidation sites excluding steroid dienone is 1. The molecule has 0 unspecified atom stereocenters. The van der Waals surface area contributed by atoms with Gasteiger partial charge in [-0.15, -0.1) is 0 Å². The molecule has 1 aliphatic heterocycles. The highest BCUT2D eigenvalue weighted by molar-refractivity contribution is 6.30. The zero-order valence-electron chi connectivity index (χ0n) is 15.1. The molecular weight excluding hydrogens is 372 g/mol. The molecule has 1 atom stereocenters. The Morgan fingerprint density at radius 1 is 1.04 bits per heavy atom. The van der Waals surface area contributed by atoms with Gasteiger partial charge in [0, 0.05) is 22.5 Å². The van der Waals surface area contributed by atoms with Crippen LogP contribution in [0.5, 0.6) is 0 Å². The molecule has 2 aromatic carbocycles. The zero-order valence-corrected chi connectivity index (χ0v) is 15.9. The summed E-state index contributed by atoms with van der Waals surface area (Å²) in [4.78, 5) is 4.37. The second-order valence-corrected chi connectivity index (χ2v) is 7.07. The number of rotatable bonds is 3. The summed E-state index contributed by atoms with van der Waals surface area (Å²) in [6.07, 6.45) is 5.76. The average molecular weight is 389 g/mol. The molecule has 1 aliphatic rings. The Morgan fingerprint density at radius 3 is 2.61 bits per heavy atom. The van der Waals surface area contributed by atoms with Crippen molar-refractivity contribution in [2.45, 2.75) is 13.0 Å². The molecule has 0 amide bonds. The third kappa shape index (κ3) is 2.88. The summed E-state index contributed by atoms with van der Waals surface area (Å²) in [5.41, 5.74) is 5.05. The Balaban J connectivity index is 1.60. The molecule has 0 saturated carbocycles. The molecule has 0 bridgehead atoms. The van der Waals surface area contributed by atoms with Crippen molar-refractivity contribution in [3.05, 3.63) is 95.0 Å². The van der Waals surface area contributed by atoms with Crippen LogP contribution in [0.15, 0.2) is 73.2 Å². The van der Waals surface area contributed by atoms with Crippen molar-refractivity contribution in [3.63, 3.8) is 0 Å². The predicted molar refractivity (Wildman–Crippen MR) is 110 cm³/mol. The number of hydrogen-bond donors (Lipinski definition) is 1. The normalized spacial score (nSPS) is 15.6. The second-order valence-electron chi connectivity index (χ2n) is 6.64. The van der Waals surface area contributed by atoms with Gasteiger partial charge in [0.05, 0.1) is 11.4 Å². The predicted octanol–water partition coefficient (Wildman–Crippen LogP) is 4.48. The number of anilines is 1. The van der Waals surface area contributed by atoms with Crippen LogP contribution in [-0.4, -0.2) is 24.5 Å². The van der Waals surface area contributed by atoms with E-state index in [-0.39, 0.29) is 6.04 Å². The van der Waals surface area contributed by atoms with E-state index in [2.05, 4.69) is 27.7 Å². The largest absolute Gasteiger partial charge is 0.324 e. The van der Waals surface area contributed by atoms with Gasteiger partial charge in [0.15, 0.2) is 0 Å². The van der Waals surface area contributed by atoms with Crippen LogP contribution < -0.4 is 5.32 Å². The van der Waals surface area contributed by atoms with E-state index in [1.807, 2.05) is 70.9 Å². The lowest BCUT2D eigenvalue weighted by molar-refractivity contribution is 0.609. The Morgan fingerprint density at radius 2 is 1.82 bits per heavy atom. The molecule has 7 heteroatoms. The van der Waals surface area contributed by atoms with Crippen LogP contribution in [0.4, 0.5) is 5.95 Å². The minimum Gasteiger partial charge on any atom is -0.324 e. The maximum Gasteiger partial charge on any atom is 0.226 e. The molecule has 0 fully saturated rings. The van der Waals surface area contributed by atoms with E-state index < -0.39 is 0 Å². The molecule has 0 aliphatic carbocycles. The standard InChI is InChI=1S/C21H17ClN6/c1-14-18(12-27(26-14)17-5-3-2-4-6-17)20-11-19(15-7-9-16(22)10-8-15)25-21-23-13-24-28(20)21/h2-13,20H,1H3,(H,23,24,25)/t20-/m1/s1. The number of hydrogen-bond acceptors (Lipinski definition) is 4. The van der Waals surface area contributed by atoms with Crippen LogP contribution in [0.1, 0.15) is 22.9 Å². The minimum atomic E-state index is -0.109. The fourth-order valence-electron chi connectivity index (χ4n) is 3.43. The smallest absolute Gasteiger partial charge is 0.226 e. The van der Waals surface area contributed by atoms with Gasteiger partial charge in [0.1, 0.15) is 12.4 Å². The number of nitrogens with one attached hydrogen (secondary N) is 1. The number of nitrogens with zero attached hydrogens (tertiary/aromatic N) is 5. The van der Waals surface area contributed by atoms with E-state index in [9.17, 15) is 0 Å². The third-order valence-corrected chi connectivity index (χ3v) is 5.09. The van der Waals surface area contributed by atoms with Crippen molar-refractivity contribution in [2.75, 3.05) is 5.32 Å². The summed E-state index contributed by atoms with van der Waals surface area (Å²) < 4.78 is 3.78. The van der Waals surface area contributed by atoms with E-state index in [0.29, 0.717) is 11.0 Å². The van der Waals surface area contributed by atoms with Gasteiger partial charge in [0.25, 0.3) is 0 Å². The average Bonchev–Trinajstić information content (AvgIpc) is 3.35. The van der Waals surface area contributed by atoms with E-state index in [0.717, 1.165) is 28.2 Å². The van der Waals surface area contributed by atoms with Crippen molar-refractivity contribution >= 4 is 23.2 Å². The highest BCUT2D eigenvalue weighted by atomic mass is 35.5. The Hall–Kier alpha value is -3.38. The molecule has 1 N–H and O–H groups in total. The lowest BCUT2D eigenvalue weighted by Crippen LogP contribution is -2.20. The number of benzene rings is 2. The van der Waals surface area contributed by atoms with Gasteiger partial charge in [-0.2, -0.15) is 15.2 Å². The number of para-hydroxylation sites is 1. The Bertz CT molecular complexity index is 1160. The first-order valence-corrected chi connectivity index (χ1v) is 9.33. The van der Waals surface area contributed by atoms with Gasteiger partial charge >= 0.3 is 0 Å². The van der Waals surface area contributed by atoms with Crippen molar-refractivity contribution in [1.29, 1.82) is 0 Å². The SMILES string of the molecule is Cc1nn(-c2ccccc2)cc1[C@H]1C=C(c2ccc(Cl)cc2)Nc2ncnn21. The lowest BCUT2D eigenvalue weighted by atomic mass is 10.0. The summed E-state index contributed by atoms with van der Waals surface area (Å²) in [5, 5.41) is 13.2. The van der Waals surface area contributed by atoms with Crippen molar-refractivity contribution in [2.24, 2.45) is 0 Å². The van der Waals surface area contributed by atoms with E-state index in [1.165, 1.54) is 0 Å². The van der Waals surface area contributed by atoms with Crippen LogP contribution >= 0.6 is 11.6 Å². The van der Waals surface area contributed by atoms with Gasteiger partial charge in [-0.3, -0.25) is 0 Å². The molecule has 0 saturated heterocycles. The van der Waals surface area contributed by atoms with Crippen LogP contribution in [-0.2, 0) is 0 Å². The molecular formula is C21H17ClN6. The highest BCUT2D eigenvalue weighted by Crippen LogP contribution is 2.33. The van der Waals surface area contributed by atoms with Crippen LogP contribution in [0.2, 0.25) is 5.02 Å². The maximum atomic E-state index is 6.04. The zero-order chi connectivity index (χ0) is 19.1. The van der Waals surface area contributed by atoms with Crippen LogP contribution in [0.25, 0.3) is 11.4 Å². The molecule has 138 valence electrons. The number of fused-ring (bicyclic) bond motifs is 1. The monoisotopic (exact) mass is 388 g/mol. The van der Waals surface area contributed by atoms with Gasteiger partial charge in [-0.05, 0) is 42.8 Å². The molecule has 2 aromatic heterocycles. The van der Waals surface area contributed by atoms with E-state index in [1.54, 1.807) is 6.33 Å². The molecule has 3 heterocycles. The highest BCUT2D eigenvalue weighted by Gasteiger charge is 2.26. The summed E-state index contributed by atoms with van der Waals surface area (Å²) in [5.74, 6) is 0.698. The summed E-state index contributed by atoms with van der Waals surface area (Å²) in [6, 6.07) is 17.7. The van der Waals surface area contributed by atoms with Gasteiger partial charge < -0.3 is 5.32 Å². The molecule has 0 radical (unpaired) electrons. The lowest BCUT2D eigenvalue weighted by Gasteiger charge is -2.24. The topological polar surface area (TPSA) is 60.6 Å². The van der Waals surface area contributed by atoms with Crippen LogP contribution in [0.3, 0.4) is 0 Å². The van der Waals surface area contributed by atoms with Gasteiger partial charge in [-0.25, -0.2) is 9.36 Å². The summed E-state index contributed by atoms with van der Waals surface area (Å²) in [7, 11) is 0. The molecule has 0 spiro atoms. The summed E-state index contributed by atoms with van der Waals surface area (Å²) in [6.45, 7) is 2.02. The number of halogens is 1. The molecule has 6 nitrogen and oxygen atoms in total. The van der Waals surface area contributed by atoms with Gasteiger partial charge in [0.2, 0.25) is 5.95 Å². The first kappa shape index (κ1) is 16.8. The van der Waals surface area contributed by atoms with Crippen molar-refractivity contribution in [1.82, 2.24) is 24.5 Å². The Kier molecular flexibility index (Phi) is 3.98. The van der Waals surface area contributed by atoms with E-state index >= 15 is 0 Å². The summed E-state index contributed by atoms with van der Waals surface area (Å²) >= 11 is 6.04. The fourth-order valence-corrected chi connectivity index (χ4v) is 3.56. The second kappa shape index (κ2) is 6.65. The minimum absolute atomic E-state index is 0.109. The quantitative estimate of drug-likeness (QED) is 0.562. The molecule has 4 aromatic rings.